The van der Waals surface area contributed by atoms with Crippen LogP contribution in [-0.2, 0) is 0 Å². The van der Waals surface area contributed by atoms with Gasteiger partial charge >= 0.3 is 5.97 Å². The van der Waals surface area contributed by atoms with Gasteiger partial charge in [-0.05, 0) is 85.1 Å². The lowest BCUT2D eigenvalue weighted by atomic mass is 10.1. The number of benzene rings is 3. The number of hydrogen-bond acceptors (Lipinski definition) is 5. The minimum absolute atomic E-state index is 0.413. The summed E-state index contributed by atoms with van der Waals surface area (Å²) in [5, 5.41) is 9.66. The standard InChI is InChI=1S/C26H21N3O3/c1-16-12-23-24(13-17(16)2)29-25(28-23)20(15-27)14-18-4-8-22(9-5-18)32-26(30)19-6-10-21(31-3)11-7-19/h4-14H,1-3H3,(H,28,29). The smallest absolute Gasteiger partial charge is 0.343 e. The molecular weight excluding hydrogens is 402 g/mol. The van der Waals surface area contributed by atoms with Crippen LogP contribution in [0.5, 0.6) is 11.5 Å². The second kappa shape index (κ2) is 8.78. The number of esters is 1. The van der Waals surface area contributed by atoms with Crippen molar-refractivity contribution < 1.29 is 14.3 Å². The highest BCUT2D eigenvalue weighted by atomic mass is 16.5. The summed E-state index contributed by atoms with van der Waals surface area (Å²) in [4.78, 5) is 20.1. The zero-order valence-corrected chi connectivity index (χ0v) is 18.0. The Morgan fingerprint density at radius 1 is 1.00 bits per heavy atom. The van der Waals surface area contributed by atoms with Crippen molar-refractivity contribution in [2.75, 3.05) is 7.11 Å². The molecule has 32 heavy (non-hydrogen) atoms. The predicted molar refractivity (Wildman–Crippen MR) is 123 cm³/mol. The minimum Gasteiger partial charge on any atom is -0.497 e. The lowest BCUT2D eigenvalue weighted by Gasteiger charge is -2.06. The van der Waals surface area contributed by atoms with Crippen LogP contribution in [0.15, 0.2) is 60.7 Å². The van der Waals surface area contributed by atoms with Crippen molar-refractivity contribution in [3.05, 3.63) is 88.7 Å². The first-order chi connectivity index (χ1) is 15.5. The van der Waals surface area contributed by atoms with Crippen LogP contribution in [0.2, 0.25) is 0 Å². The average Bonchev–Trinajstić information content (AvgIpc) is 3.21. The molecule has 0 aliphatic heterocycles. The summed E-state index contributed by atoms with van der Waals surface area (Å²) in [6, 6.07) is 19.9. The van der Waals surface area contributed by atoms with Crippen LogP contribution in [0.25, 0.3) is 22.7 Å². The van der Waals surface area contributed by atoms with Crippen LogP contribution in [-0.4, -0.2) is 23.0 Å². The molecule has 0 unspecified atom stereocenters. The van der Waals surface area contributed by atoms with E-state index in [1.165, 1.54) is 0 Å². The van der Waals surface area contributed by atoms with Gasteiger partial charge in [0.1, 0.15) is 23.4 Å². The Morgan fingerprint density at radius 2 is 1.66 bits per heavy atom. The quantitative estimate of drug-likeness (QED) is 0.261. The monoisotopic (exact) mass is 423 g/mol. The first kappa shape index (κ1) is 20.9. The third-order valence-electron chi connectivity index (χ3n) is 5.20. The molecule has 0 atom stereocenters. The largest absolute Gasteiger partial charge is 0.497 e. The molecule has 1 aromatic heterocycles. The van der Waals surface area contributed by atoms with E-state index in [9.17, 15) is 10.1 Å². The number of methoxy groups -OCH3 is 1. The number of nitrogens with zero attached hydrogens (tertiary/aromatic N) is 2. The van der Waals surface area contributed by atoms with Crippen molar-refractivity contribution in [1.29, 1.82) is 5.26 Å². The van der Waals surface area contributed by atoms with Gasteiger partial charge in [-0.3, -0.25) is 0 Å². The lowest BCUT2D eigenvalue weighted by Crippen LogP contribution is -2.08. The molecule has 0 bridgehead atoms. The number of nitriles is 1. The third kappa shape index (κ3) is 4.37. The van der Waals surface area contributed by atoms with Gasteiger partial charge in [0.25, 0.3) is 0 Å². The van der Waals surface area contributed by atoms with Gasteiger partial charge in [0.2, 0.25) is 0 Å². The van der Waals surface area contributed by atoms with E-state index in [2.05, 4.69) is 16.0 Å². The number of aromatic amines is 1. The maximum absolute atomic E-state index is 12.3. The molecule has 158 valence electrons. The van der Waals surface area contributed by atoms with Crippen LogP contribution in [0.4, 0.5) is 0 Å². The molecule has 0 amide bonds. The van der Waals surface area contributed by atoms with Crippen LogP contribution >= 0.6 is 0 Å². The molecule has 6 heteroatoms. The van der Waals surface area contributed by atoms with Crippen molar-refractivity contribution in [2.45, 2.75) is 13.8 Å². The Balaban J connectivity index is 1.52. The number of rotatable bonds is 5. The Labute approximate surface area is 185 Å². The van der Waals surface area contributed by atoms with Crippen molar-refractivity contribution in [3.8, 4) is 17.6 Å². The summed E-state index contributed by atoms with van der Waals surface area (Å²) in [6.07, 6.45) is 1.74. The Kier molecular flexibility index (Phi) is 5.73. The Morgan fingerprint density at radius 3 is 2.31 bits per heavy atom. The van der Waals surface area contributed by atoms with E-state index in [-0.39, 0.29) is 0 Å². The number of allylic oxidation sites excluding steroid dienone is 1. The topological polar surface area (TPSA) is 88.0 Å². The molecule has 0 saturated heterocycles. The SMILES string of the molecule is COc1ccc(C(=O)Oc2ccc(C=C(C#N)c3nc4cc(C)c(C)cc4[nH]3)cc2)cc1. The number of carbonyl (C=O) groups is 1. The molecule has 0 radical (unpaired) electrons. The molecule has 4 rings (SSSR count). The fraction of sp³-hybridized carbons (Fsp3) is 0.115. The number of aromatic nitrogens is 2. The molecule has 3 aromatic carbocycles. The summed E-state index contributed by atoms with van der Waals surface area (Å²) in [6.45, 7) is 4.08. The number of ether oxygens (including phenoxy) is 2. The first-order valence-electron chi connectivity index (χ1n) is 10.0. The zero-order chi connectivity index (χ0) is 22.7. The summed E-state index contributed by atoms with van der Waals surface area (Å²) in [5.41, 5.74) is 5.66. The van der Waals surface area contributed by atoms with Gasteiger partial charge < -0.3 is 14.5 Å². The summed E-state index contributed by atoms with van der Waals surface area (Å²) >= 11 is 0. The number of aryl methyl sites for hydroxylation is 2. The highest BCUT2D eigenvalue weighted by Crippen LogP contribution is 2.23. The number of imidazole rings is 1. The van der Waals surface area contributed by atoms with Crippen LogP contribution < -0.4 is 9.47 Å². The van der Waals surface area contributed by atoms with Crippen molar-refractivity contribution in [1.82, 2.24) is 9.97 Å². The van der Waals surface area contributed by atoms with E-state index in [0.29, 0.717) is 28.5 Å². The number of H-pyrrole nitrogens is 1. The highest BCUT2D eigenvalue weighted by Gasteiger charge is 2.11. The van der Waals surface area contributed by atoms with E-state index in [1.807, 2.05) is 26.0 Å². The highest BCUT2D eigenvalue weighted by molar-refractivity contribution is 5.92. The fourth-order valence-electron chi connectivity index (χ4n) is 3.24. The van der Waals surface area contributed by atoms with Gasteiger partial charge in [-0.1, -0.05) is 12.1 Å². The molecule has 0 saturated carbocycles. The normalized spacial score (nSPS) is 11.2. The van der Waals surface area contributed by atoms with E-state index in [1.54, 1.807) is 61.7 Å². The Bertz CT molecular complexity index is 1320. The van der Waals surface area contributed by atoms with Gasteiger partial charge in [0.05, 0.1) is 29.3 Å². The van der Waals surface area contributed by atoms with Crippen LogP contribution in [0, 0.1) is 25.2 Å². The zero-order valence-electron chi connectivity index (χ0n) is 18.0. The number of carbonyl (C=O) groups excluding carboxylic acids is 1. The maximum Gasteiger partial charge on any atom is 0.343 e. The van der Waals surface area contributed by atoms with Gasteiger partial charge in [-0.2, -0.15) is 5.26 Å². The first-order valence-corrected chi connectivity index (χ1v) is 10.0. The number of nitrogens with one attached hydrogen (secondary N) is 1. The molecule has 1 heterocycles. The third-order valence-corrected chi connectivity index (χ3v) is 5.20. The van der Waals surface area contributed by atoms with E-state index < -0.39 is 5.97 Å². The summed E-state index contributed by atoms with van der Waals surface area (Å²) < 4.78 is 10.5. The molecule has 0 aliphatic carbocycles. The molecule has 0 spiro atoms. The van der Waals surface area contributed by atoms with Gasteiger partial charge in [-0.25, -0.2) is 9.78 Å². The van der Waals surface area contributed by atoms with Crippen molar-refractivity contribution in [3.63, 3.8) is 0 Å². The van der Waals surface area contributed by atoms with Crippen LogP contribution in [0.1, 0.15) is 32.9 Å². The molecule has 4 aromatic rings. The Hall–Kier alpha value is -4.37. The second-order valence-corrected chi connectivity index (χ2v) is 7.40. The van der Waals surface area contributed by atoms with E-state index in [4.69, 9.17) is 9.47 Å². The maximum atomic E-state index is 12.3. The molecule has 0 aliphatic rings. The lowest BCUT2D eigenvalue weighted by molar-refractivity contribution is 0.0734. The van der Waals surface area contributed by atoms with E-state index >= 15 is 0 Å². The van der Waals surface area contributed by atoms with Crippen molar-refractivity contribution >= 4 is 28.7 Å². The second-order valence-electron chi connectivity index (χ2n) is 7.40. The molecule has 0 fully saturated rings. The molecule has 6 nitrogen and oxygen atoms in total. The average molecular weight is 423 g/mol. The van der Waals surface area contributed by atoms with Gasteiger partial charge in [0.15, 0.2) is 0 Å². The number of fused-ring (bicyclic) bond motifs is 1. The summed E-state index contributed by atoms with van der Waals surface area (Å²) in [5.74, 6) is 1.14. The predicted octanol–water partition coefficient (Wildman–Crippen LogP) is 5.47. The molecular formula is C26H21N3O3. The minimum atomic E-state index is -0.457. The molecule has 1 N–H and O–H groups in total. The van der Waals surface area contributed by atoms with Gasteiger partial charge in [-0.15, -0.1) is 0 Å². The fourth-order valence-corrected chi connectivity index (χ4v) is 3.24. The number of hydrogen-bond donors (Lipinski definition) is 1. The van der Waals surface area contributed by atoms with Crippen LogP contribution in [0.3, 0.4) is 0 Å². The van der Waals surface area contributed by atoms with Crippen molar-refractivity contribution in [2.24, 2.45) is 0 Å². The summed E-state index contributed by atoms with van der Waals surface area (Å²) in [7, 11) is 1.57. The van der Waals surface area contributed by atoms with Gasteiger partial charge in [0, 0.05) is 0 Å². The van der Waals surface area contributed by atoms with E-state index in [0.717, 1.165) is 27.7 Å².